The average molecular weight is 286 g/mol. The zero-order chi connectivity index (χ0) is 15.1. The minimum Gasteiger partial charge on any atom is -0.472 e. The molecule has 0 saturated carbocycles. The lowest BCUT2D eigenvalue weighted by Gasteiger charge is -2.18. The van der Waals surface area contributed by atoms with Crippen LogP contribution >= 0.6 is 0 Å². The molecule has 2 rings (SSSR count). The summed E-state index contributed by atoms with van der Waals surface area (Å²) in [7, 11) is 2.15. The first-order chi connectivity index (χ1) is 10.1. The van der Waals surface area contributed by atoms with Crippen molar-refractivity contribution in [3.05, 3.63) is 59.5 Å². The van der Waals surface area contributed by atoms with Crippen LogP contribution in [0.4, 0.5) is 0 Å². The zero-order valence-electron chi connectivity index (χ0n) is 13.3. The number of hydrogen-bond acceptors (Lipinski definition) is 3. The Hall–Kier alpha value is -1.58. The molecule has 0 radical (unpaired) electrons. The Kier molecular flexibility index (Phi) is 6.03. The normalized spacial score (nSPS) is 11.5. The van der Waals surface area contributed by atoms with Gasteiger partial charge in [0.05, 0.1) is 12.5 Å². The zero-order valence-corrected chi connectivity index (χ0v) is 13.3. The van der Waals surface area contributed by atoms with E-state index in [4.69, 9.17) is 4.42 Å². The summed E-state index contributed by atoms with van der Waals surface area (Å²) in [4.78, 5) is 2.32. The smallest absolute Gasteiger partial charge is 0.0947 e. The SMILES string of the molecule is CC(C)NCCc1ccccc1CN(C)Cc1ccoc1. The molecule has 1 aromatic carbocycles. The highest BCUT2D eigenvalue weighted by atomic mass is 16.3. The van der Waals surface area contributed by atoms with Crippen molar-refractivity contribution >= 4 is 0 Å². The van der Waals surface area contributed by atoms with Crippen LogP contribution < -0.4 is 5.32 Å². The van der Waals surface area contributed by atoms with E-state index < -0.39 is 0 Å². The van der Waals surface area contributed by atoms with Crippen molar-refractivity contribution in [3.8, 4) is 0 Å². The van der Waals surface area contributed by atoms with Gasteiger partial charge in [0, 0.05) is 24.7 Å². The van der Waals surface area contributed by atoms with Crippen LogP contribution in [0.25, 0.3) is 0 Å². The third kappa shape index (κ3) is 5.37. The van der Waals surface area contributed by atoms with Gasteiger partial charge in [-0.2, -0.15) is 0 Å². The summed E-state index contributed by atoms with van der Waals surface area (Å²) in [5.74, 6) is 0. The van der Waals surface area contributed by atoms with Crippen molar-refractivity contribution in [2.24, 2.45) is 0 Å². The number of benzene rings is 1. The molecule has 0 aliphatic heterocycles. The van der Waals surface area contributed by atoms with Crippen molar-refractivity contribution in [2.45, 2.75) is 39.4 Å². The van der Waals surface area contributed by atoms with E-state index in [0.29, 0.717) is 6.04 Å². The van der Waals surface area contributed by atoms with Crippen molar-refractivity contribution in [2.75, 3.05) is 13.6 Å². The van der Waals surface area contributed by atoms with E-state index in [2.05, 4.69) is 55.4 Å². The second kappa shape index (κ2) is 8.01. The number of rotatable bonds is 8. The van der Waals surface area contributed by atoms with Gasteiger partial charge in [-0.3, -0.25) is 4.90 Å². The molecule has 0 fully saturated rings. The third-order valence-electron chi connectivity index (χ3n) is 3.54. The molecule has 1 heterocycles. The largest absolute Gasteiger partial charge is 0.472 e. The number of hydrogen-bond donors (Lipinski definition) is 1. The fourth-order valence-electron chi connectivity index (χ4n) is 2.49. The summed E-state index contributed by atoms with van der Waals surface area (Å²) in [5, 5.41) is 3.48. The Labute approximate surface area is 128 Å². The van der Waals surface area contributed by atoms with Gasteiger partial charge in [-0.1, -0.05) is 38.1 Å². The van der Waals surface area contributed by atoms with Gasteiger partial charge < -0.3 is 9.73 Å². The van der Waals surface area contributed by atoms with Gasteiger partial charge >= 0.3 is 0 Å². The van der Waals surface area contributed by atoms with E-state index in [9.17, 15) is 0 Å². The Bertz CT molecular complexity index is 520. The molecule has 1 N–H and O–H groups in total. The minimum atomic E-state index is 0.543. The molecular formula is C18H26N2O. The molecule has 0 atom stereocenters. The Balaban J connectivity index is 1.92. The maximum atomic E-state index is 5.13. The first-order valence-corrected chi connectivity index (χ1v) is 7.65. The fraction of sp³-hybridized carbons (Fsp3) is 0.444. The van der Waals surface area contributed by atoms with E-state index in [1.807, 2.05) is 12.3 Å². The van der Waals surface area contributed by atoms with Crippen molar-refractivity contribution in [3.63, 3.8) is 0 Å². The van der Waals surface area contributed by atoms with E-state index in [-0.39, 0.29) is 0 Å². The fourth-order valence-corrected chi connectivity index (χ4v) is 2.49. The molecule has 0 unspecified atom stereocenters. The van der Waals surface area contributed by atoms with Crippen LogP contribution in [0.15, 0.2) is 47.3 Å². The summed E-state index contributed by atoms with van der Waals surface area (Å²) in [5.41, 5.74) is 4.07. The highest BCUT2D eigenvalue weighted by Gasteiger charge is 2.07. The van der Waals surface area contributed by atoms with Crippen LogP contribution in [-0.4, -0.2) is 24.5 Å². The molecule has 0 bridgehead atoms. The number of nitrogens with zero attached hydrogens (tertiary/aromatic N) is 1. The number of nitrogens with one attached hydrogen (secondary N) is 1. The quantitative estimate of drug-likeness (QED) is 0.805. The Morgan fingerprint density at radius 1 is 1.10 bits per heavy atom. The second-order valence-electron chi connectivity index (χ2n) is 5.93. The van der Waals surface area contributed by atoms with Crippen LogP contribution in [0.3, 0.4) is 0 Å². The monoisotopic (exact) mass is 286 g/mol. The lowest BCUT2D eigenvalue weighted by atomic mass is 10.0. The second-order valence-corrected chi connectivity index (χ2v) is 5.93. The van der Waals surface area contributed by atoms with Gasteiger partial charge in [0.25, 0.3) is 0 Å². The predicted molar refractivity (Wildman–Crippen MR) is 87.2 cm³/mol. The topological polar surface area (TPSA) is 28.4 Å². The molecule has 0 spiro atoms. The standard InChI is InChI=1S/C18H26N2O/c1-15(2)19-10-8-17-6-4-5-7-18(17)13-20(3)12-16-9-11-21-14-16/h4-7,9,11,14-15,19H,8,10,12-13H2,1-3H3. The van der Waals surface area contributed by atoms with Gasteiger partial charge in [0.2, 0.25) is 0 Å². The minimum absolute atomic E-state index is 0.543. The first kappa shape index (κ1) is 15.8. The molecule has 21 heavy (non-hydrogen) atoms. The molecule has 0 amide bonds. The molecular weight excluding hydrogens is 260 g/mol. The summed E-state index contributed by atoms with van der Waals surface area (Å²) in [6.45, 7) is 7.27. The average Bonchev–Trinajstić information content (AvgIpc) is 2.93. The maximum Gasteiger partial charge on any atom is 0.0947 e. The van der Waals surface area contributed by atoms with Gasteiger partial charge in [0.15, 0.2) is 0 Å². The summed E-state index contributed by atoms with van der Waals surface area (Å²) in [6.07, 6.45) is 4.62. The van der Waals surface area contributed by atoms with Gasteiger partial charge in [-0.15, -0.1) is 0 Å². The molecule has 1 aromatic heterocycles. The molecule has 0 aliphatic rings. The molecule has 2 aromatic rings. The summed E-state index contributed by atoms with van der Waals surface area (Å²) in [6, 6.07) is 11.3. The first-order valence-electron chi connectivity index (χ1n) is 7.65. The maximum absolute atomic E-state index is 5.13. The third-order valence-corrected chi connectivity index (χ3v) is 3.54. The molecule has 3 heteroatoms. The van der Waals surface area contributed by atoms with Gasteiger partial charge in [-0.25, -0.2) is 0 Å². The predicted octanol–water partition coefficient (Wildman–Crippen LogP) is 3.45. The molecule has 114 valence electrons. The van der Waals surface area contributed by atoms with Gasteiger partial charge in [0.1, 0.15) is 0 Å². The van der Waals surface area contributed by atoms with Crippen LogP contribution in [0, 0.1) is 0 Å². The van der Waals surface area contributed by atoms with Crippen molar-refractivity contribution < 1.29 is 4.42 Å². The van der Waals surface area contributed by atoms with Crippen LogP contribution in [0.1, 0.15) is 30.5 Å². The number of furan rings is 1. The van der Waals surface area contributed by atoms with Crippen LogP contribution in [0.5, 0.6) is 0 Å². The van der Waals surface area contributed by atoms with E-state index >= 15 is 0 Å². The van der Waals surface area contributed by atoms with E-state index in [1.54, 1.807) is 6.26 Å². The summed E-state index contributed by atoms with van der Waals surface area (Å²) < 4.78 is 5.13. The van der Waals surface area contributed by atoms with E-state index in [0.717, 1.165) is 26.1 Å². The van der Waals surface area contributed by atoms with Crippen LogP contribution in [0.2, 0.25) is 0 Å². The van der Waals surface area contributed by atoms with Crippen LogP contribution in [-0.2, 0) is 19.5 Å². The molecule has 3 nitrogen and oxygen atoms in total. The van der Waals surface area contributed by atoms with E-state index in [1.165, 1.54) is 16.7 Å². The lowest BCUT2D eigenvalue weighted by molar-refractivity contribution is 0.316. The molecule has 0 aliphatic carbocycles. The van der Waals surface area contributed by atoms with Crippen molar-refractivity contribution in [1.29, 1.82) is 0 Å². The highest BCUT2D eigenvalue weighted by Crippen LogP contribution is 2.13. The highest BCUT2D eigenvalue weighted by molar-refractivity contribution is 5.27. The van der Waals surface area contributed by atoms with Crippen molar-refractivity contribution in [1.82, 2.24) is 10.2 Å². The van der Waals surface area contributed by atoms with Gasteiger partial charge in [-0.05, 0) is 37.2 Å². The summed E-state index contributed by atoms with van der Waals surface area (Å²) >= 11 is 0. The Morgan fingerprint density at radius 3 is 2.52 bits per heavy atom. The lowest BCUT2D eigenvalue weighted by Crippen LogP contribution is -2.25. The molecule has 0 saturated heterocycles. The Morgan fingerprint density at radius 2 is 1.86 bits per heavy atom.